The molecule has 1 fully saturated rings. The van der Waals surface area contributed by atoms with Crippen LogP contribution in [0.4, 0.5) is 0 Å². The highest BCUT2D eigenvalue weighted by atomic mass is 35.5. The summed E-state index contributed by atoms with van der Waals surface area (Å²) < 4.78 is 1.79. The van der Waals surface area contributed by atoms with Crippen molar-refractivity contribution in [2.45, 2.75) is 32.0 Å². The average Bonchev–Trinajstić information content (AvgIpc) is 3.10. The Hall–Kier alpha value is -1.10. The maximum Gasteiger partial charge on any atom is 0.0965 e. The van der Waals surface area contributed by atoms with E-state index in [9.17, 15) is 0 Å². The molecule has 100 valence electrons. The molecular weight excluding hydrogens is 283 g/mol. The zero-order valence-electron chi connectivity index (χ0n) is 10.3. The quantitative estimate of drug-likeness (QED) is 0.922. The summed E-state index contributed by atoms with van der Waals surface area (Å²) >= 11 is 12.0. The molecule has 0 unspecified atom stereocenters. The van der Waals surface area contributed by atoms with Gasteiger partial charge in [0.2, 0.25) is 0 Å². The summed E-state index contributed by atoms with van der Waals surface area (Å²) in [6.45, 7) is 1.38. The van der Waals surface area contributed by atoms with Gasteiger partial charge in [-0.05, 0) is 30.5 Å². The number of hydrogen-bond acceptors (Lipinski definition) is 3. The van der Waals surface area contributed by atoms with Crippen LogP contribution in [0.25, 0.3) is 0 Å². The number of rotatable bonds is 5. The van der Waals surface area contributed by atoms with E-state index in [1.807, 2.05) is 18.3 Å². The SMILES string of the molecule is Clc1ccc(Cn2cc(CNC3CC3)nn2)c(Cl)c1. The molecule has 1 N–H and O–H groups in total. The van der Waals surface area contributed by atoms with Gasteiger partial charge in [-0.25, -0.2) is 4.68 Å². The van der Waals surface area contributed by atoms with E-state index >= 15 is 0 Å². The van der Waals surface area contributed by atoms with Crippen LogP contribution >= 0.6 is 23.2 Å². The molecule has 1 aliphatic carbocycles. The summed E-state index contributed by atoms with van der Waals surface area (Å²) in [5.74, 6) is 0. The Labute approximate surface area is 121 Å². The smallest absolute Gasteiger partial charge is 0.0965 e. The van der Waals surface area contributed by atoms with Crippen LogP contribution in [0, 0.1) is 0 Å². The Balaban J connectivity index is 1.65. The highest BCUT2D eigenvalue weighted by molar-refractivity contribution is 6.35. The molecule has 1 aromatic heterocycles. The first-order valence-electron chi connectivity index (χ1n) is 6.27. The molecule has 0 aliphatic heterocycles. The van der Waals surface area contributed by atoms with Gasteiger partial charge in [0, 0.05) is 22.6 Å². The van der Waals surface area contributed by atoms with Gasteiger partial charge in [0.1, 0.15) is 0 Å². The van der Waals surface area contributed by atoms with Crippen molar-refractivity contribution in [2.75, 3.05) is 0 Å². The number of nitrogens with one attached hydrogen (secondary N) is 1. The summed E-state index contributed by atoms with van der Waals surface area (Å²) in [6, 6.07) is 6.16. The van der Waals surface area contributed by atoms with Gasteiger partial charge in [-0.1, -0.05) is 34.5 Å². The van der Waals surface area contributed by atoms with E-state index in [1.165, 1.54) is 12.8 Å². The monoisotopic (exact) mass is 296 g/mol. The molecule has 19 heavy (non-hydrogen) atoms. The number of hydrogen-bond donors (Lipinski definition) is 1. The molecule has 1 aliphatic rings. The van der Waals surface area contributed by atoms with E-state index in [4.69, 9.17) is 23.2 Å². The Kier molecular flexibility index (Phi) is 3.73. The van der Waals surface area contributed by atoms with Crippen LogP contribution in [0.3, 0.4) is 0 Å². The molecule has 1 aromatic carbocycles. The third-order valence-electron chi connectivity index (χ3n) is 3.08. The fourth-order valence-corrected chi connectivity index (χ4v) is 2.33. The lowest BCUT2D eigenvalue weighted by Gasteiger charge is -2.04. The van der Waals surface area contributed by atoms with E-state index in [-0.39, 0.29) is 0 Å². The van der Waals surface area contributed by atoms with E-state index in [0.29, 0.717) is 22.6 Å². The van der Waals surface area contributed by atoms with Gasteiger partial charge in [0.05, 0.1) is 18.4 Å². The Morgan fingerprint density at radius 1 is 1.32 bits per heavy atom. The van der Waals surface area contributed by atoms with Crippen molar-refractivity contribution in [2.24, 2.45) is 0 Å². The second-order valence-electron chi connectivity index (χ2n) is 4.80. The predicted molar refractivity (Wildman–Crippen MR) is 75.4 cm³/mol. The van der Waals surface area contributed by atoms with E-state index in [2.05, 4.69) is 15.6 Å². The molecule has 4 nitrogen and oxygen atoms in total. The maximum atomic E-state index is 6.14. The molecule has 0 amide bonds. The fraction of sp³-hybridized carbons (Fsp3) is 0.385. The van der Waals surface area contributed by atoms with Crippen LogP contribution in [0.15, 0.2) is 24.4 Å². The molecular formula is C13H14Cl2N4. The first-order chi connectivity index (χ1) is 9.20. The van der Waals surface area contributed by atoms with Gasteiger partial charge in [-0.2, -0.15) is 0 Å². The van der Waals surface area contributed by atoms with Crippen molar-refractivity contribution >= 4 is 23.2 Å². The predicted octanol–water partition coefficient (Wildman–Crippen LogP) is 2.89. The minimum atomic E-state index is 0.604. The highest BCUT2D eigenvalue weighted by Gasteiger charge is 2.20. The number of halogens is 2. The Morgan fingerprint density at radius 2 is 2.16 bits per heavy atom. The van der Waals surface area contributed by atoms with Gasteiger partial charge in [-0.15, -0.1) is 5.10 Å². The number of aromatic nitrogens is 3. The average molecular weight is 297 g/mol. The van der Waals surface area contributed by atoms with Crippen molar-refractivity contribution in [3.63, 3.8) is 0 Å². The third-order valence-corrected chi connectivity index (χ3v) is 3.67. The molecule has 1 saturated carbocycles. The van der Waals surface area contributed by atoms with Crippen LogP contribution in [0.5, 0.6) is 0 Å². The number of nitrogens with zero attached hydrogens (tertiary/aromatic N) is 3. The second kappa shape index (κ2) is 5.49. The lowest BCUT2D eigenvalue weighted by molar-refractivity contribution is 0.646. The molecule has 2 aromatic rings. The first kappa shape index (κ1) is 12.9. The van der Waals surface area contributed by atoms with Crippen LogP contribution in [-0.4, -0.2) is 21.0 Å². The van der Waals surface area contributed by atoms with Crippen molar-refractivity contribution in [1.29, 1.82) is 0 Å². The van der Waals surface area contributed by atoms with Gasteiger partial charge < -0.3 is 5.32 Å². The summed E-state index contributed by atoms with van der Waals surface area (Å²) in [7, 11) is 0. The van der Waals surface area contributed by atoms with Crippen molar-refractivity contribution in [3.8, 4) is 0 Å². The normalized spacial score (nSPS) is 14.8. The van der Waals surface area contributed by atoms with Crippen molar-refractivity contribution in [1.82, 2.24) is 20.3 Å². The van der Waals surface area contributed by atoms with Gasteiger partial charge in [0.25, 0.3) is 0 Å². The van der Waals surface area contributed by atoms with E-state index in [1.54, 1.807) is 10.7 Å². The topological polar surface area (TPSA) is 42.7 Å². The summed E-state index contributed by atoms with van der Waals surface area (Å²) in [5.41, 5.74) is 1.94. The molecule has 0 radical (unpaired) electrons. The summed E-state index contributed by atoms with van der Waals surface area (Å²) in [6.07, 6.45) is 4.49. The largest absolute Gasteiger partial charge is 0.308 e. The first-order valence-corrected chi connectivity index (χ1v) is 7.02. The molecule has 6 heteroatoms. The molecule has 0 saturated heterocycles. The maximum absolute atomic E-state index is 6.14. The van der Waals surface area contributed by atoms with E-state index < -0.39 is 0 Å². The third kappa shape index (κ3) is 3.47. The lowest BCUT2D eigenvalue weighted by Crippen LogP contribution is -2.15. The van der Waals surface area contributed by atoms with Crippen LogP contribution in [0.1, 0.15) is 24.1 Å². The summed E-state index contributed by atoms with van der Waals surface area (Å²) in [5, 5.41) is 13.0. The lowest BCUT2D eigenvalue weighted by atomic mass is 10.2. The highest BCUT2D eigenvalue weighted by Crippen LogP contribution is 2.22. The van der Waals surface area contributed by atoms with E-state index in [0.717, 1.165) is 17.8 Å². The van der Waals surface area contributed by atoms with Crippen LogP contribution < -0.4 is 5.32 Å². The minimum Gasteiger partial charge on any atom is -0.308 e. The van der Waals surface area contributed by atoms with Crippen LogP contribution in [0.2, 0.25) is 10.0 Å². The molecule has 1 heterocycles. The summed E-state index contributed by atoms with van der Waals surface area (Å²) in [4.78, 5) is 0. The van der Waals surface area contributed by atoms with Gasteiger partial charge in [0.15, 0.2) is 0 Å². The Bertz CT molecular complexity index is 578. The molecule has 0 atom stereocenters. The number of benzene rings is 1. The van der Waals surface area contributed by atoms with Crippen molar-refractivity contribution < 1.29 is 0 Å². The Morgan fingerprint density at radius 3 is 2.89 bits per heavy atom. The fourth-order valence-electron chi connectivity index (χ4n) is 1.86. The zero-order chi connectivity index (χ0) is 13.2. The van der Waals surface area contributed by atoms with Gasteiger partial charge in [-0.3, -0.25) is 0 Å². The van der Waals surface area contributed by atoms with Gasteiger partial charge >= 0.3 is 0 Å². The second-order valence-corrected chi connectivity index (χ2v) is 5.64. The molecule has 0 spiro atoms. The minimum absolute atomic E-state index is 0.604. The van der Waals surface area contributed by atoms with Crippen LogP contribution in [-0.2, 0) is 13.1 Å². The standard InChI is InChI=1S/C13H14Cl2N4/c14-10-2-1-9(13(15)5-10)7-19-8-12(17-18-19)6-16-11-3-4-11/h1-2,5,8,11,16H,3-4,6-7H2. The molecule has 0 bridgehead atoms. The molecule has 3 rings (SSSR count). The zero-order valence-corrected chi connectivity index (χ0v) is 11.8. The van der Waals surface area contributed by atoms with Crippen molar-refractivity contribution in [3.05, 3.63) is 45.7 Å².